The molecule has 0 N–H and O–H groups in total. The number of benzene rings is 1. The number of hydrogen-bond acceptors (Lipinski definition) is 4. The van der Waals surface area contributed by atoms with Crippen LogP contribution in [0.25, 0.3) is 5.57 Å². The Balaban J connectivity index is 1.94. The molecule has 2 unspecified atom stereocenters. The van der Waals surface area contributed by atoms with E-state index in [0.29, 0.717) is 35.6 Å². The molecule has 1 aromatic carbocycles. The van der Waals surface area contributed by atoms with Crippen LogP contribution in [-0.2, 0) is 9.59 Å². The Kier molecular flexibility index (Phi) is 5.59. The molecule has 1 aromatic rings. The summed E-state index contributed by atoms with van der Waals surface area (Å²) in [6.07, 6.45) is 1.15. The number of likely N-dealkylation sites (N-methyl/N-ethyl adjacent to an activating group) is 1. The van der Waals surface area contributed by atoms with Gasteiger partial charge in [-0.25, -0.2) is 0 Å². The lowest BCUT2D eigenvalue weighted by molar-refractivity contribution is -0.136. The fourth-order valence-electron chi connectivity index (χ4n) is 4.01. The minimum Gasteiger partial charge on any atom is -0.493 e. The molecule has 1 saturated heterocycles. The molecule has 0 aliphatic carbocycles. The number of imide groups is 1. The van der Waals surface area contributed by atoms with Gasteiger partial charge >= 0.3 is 0 Å². The summed E-state index contributed by atoms with van der Waals surface area (Å²) in [4.78, 5) is 29.0. The van der Waals surface area contributed by atoms with E-state index >= 15 is 0 Å². The second-order valence-corrected chi connectivity index (χ2v) is 8.47. The molecule has 0 bridgehead atoms. The summed E-state index contributed by atoms with van der Waals surface area (Å²) in [5.41, 5.74) is 1.84. The van der Waals surface area contributed by atoms with E-state index in [9.17, 15) is 9.59 Å². The molecule has 0 saturated carbocycles. The van der Waals surface area contributed by atoms with Gasteiger partial charge < -0.3 is 9.64 Å². The minimum atomic E-state index is -0.225. The van der Waals surface area contributed by atoms with Crippen LogP contribution in [0.5, 0.6) is 5.75 Å². The summed E-state index contributed by atoms with van der Waals surface area (Å²) < 4.78 is 5.74. The van der Waals surface area contributed by atoms with E-state index in [1.54, 1.807) is 7.05 Å². The Morgan fingerprint density at radius 2 is 1.63 bits per heavy atom. The maximum Gasteiger partial charge on any atom is 0.277 e. The number of rotatable bonds is 5. The molecule has 2 aliphatic heterocycles. The molecular formula is C22H30N2O3. The van der Waals surface area contributed by atoms with Crippen molar-refractivity contribution in [3.63, 3.8) is 0 Å². The monoisotopic (exact) mass is 370 g/mol. The normalized spacial score (nSPS) is 23.6. The van der Waals surface area contributed by atoms with Gasteiger partial charge in [0.15, 0.2) is 0 Å². The molecule has 2 heterocycles. The molecule has 2 aliphatic rings. The van der Waals surface area contributed by atoms with E-state index in [2.05, 4.69) is 32.6 Å². The quantitative estimate of drug-likeness (QED) is 0.746. The minimum absolute atomic E-state index is 0.198. The highest BCUT2D eigenvalue weighted by Gasteiger charge is 2.41. The van der Waals surface area contributed by atoms with Crippen molar-refractivity contribution in [2.45, 2.75) is 34.1 Å². The van der Waals surface area contributed by atoms with Crippen molar-refractivity contribution in [1.29, 1.82) is 0 Å². The van der Waals surface area contributed by atoms with Crippen molar-refractivity contribution in [2.24, 2.45) is 17.8 Å². The molecule has 5 heteroatoms. The van der Waals surface area contributed by atoms with Crippen LogP contribution < -0.4 is 4.74 Å². The summed E-state index contributed by atoms with van der Waals surface area (Å²) in [7, 11) is 1.56. The van der Waals surface area contributed by atoms with Gasteiger partial charge in [-0.3, -0.25) is 14.5 Å². The molecule has 2 atom stereocenters. The molecule has 5 nitrogen and oxygen atoms in total. The highest BCUT2D eigenvalue weighted by molar-refractivity contribution is 6.35. The van der Waals surface area contributed by atoms with Crippen molar-refractivity contribution in [1.82, 2.24) is 9.80 Å². The van der Waals surface area contributed by atoms with Gasteiger partial charge in [-0.05, 0) is 41.9 Å². The zero-order valence-electron chi connectivity index (χ0n) is 17.0. The first kappa shape index (κ1) is 19.5. The van der Waals surface area contributed by atoms with Crippen molar-refractivity contribution >= 4 is 17.4 Å². The predicted molar refractivity (Wildman–Crippen MR) is 106 cm³/mol. The first-order chi connectivity index (χ1) is 12.8. The zero-order valence-corrected chi connectivity index (χ0v) is 17.0. The topological polar surface area (TPSA) is 49.9 Å². The summed E-state index contributed by atoms with van der Waals surface area (Å²) >= 11 is 0. The first-order valence-corrected chi connectivity index (χ1v) is 9.82. The third-order valence-corrected chi connectivity index (χ3v) is 5.17. The number of hydrogen-bond donors (Lipinski definition) is 0. The van der Waals surface area contributed by atoms with Gasteiger partial charge in [0.25, 0.3) is 11.8 Å². The summed E-state index contributed by atoms with van der Waals surface area (Å²) in [5.74, 6) is 1.81. The Bertz CT molecular complexity index is 741. The van der Waals surface area contributed by atoms with Gasteiger partial charge in [-0.2, -0.15) is 0 Å². The maximum atomic E-state index is 12.8. The number of carbonyl (C=O) groups is 2. The fourth-order valence-corrected chi connectivity index (χ4v) is 4.01. The van der Waals surface area contributed by atoms with Crippen LogP contribution in [-0.4, -0.2) is 48.4 Å². The van der Waals surface area contributed by atoms with Crippen LogP contribution in [0.4, 0.5) is 0 Å². The smallest absolute Gasteiger partial charge is 0.277 e. The number of piperidine rings is 1. The van der Waals surface area contributed by atoms with Gasteiger partial charge in [0.2, 0.25) is 0 Å². The largest absolute Gasteiger partial charge is 0.493 e. The highest BCUT2D eigenvalue weighted by atomic mass is 16.5. The molecule has 0 aromatic heterocycles. The Morgan fingerprint density at radius 1 is 1.04 bits per heavy atom. The Morgan fingerprint density at radius 3 is 2.19 bits per heavy atom. The first-order valence-electron chi connectivity index (χ1n) is 9.82. The summed E-state index contributed by atoms with van der Waals surface area (Å²) in [6.45, 7) is 10.9. The van der Waals surface area contributed by atoms with Crippen LogP contribution in [0.2, 0.25) is 0 Å². The van der Waals surface area contributed by atoms with Gasteiger partial charge in [-0.15, -0.1) is 0 Å². The lowest BCUT2D eigenvalue weighted by atomic mass is 9.91. The zero-order chi connectivity index (χ0) is 19.7. The Labute approximate surface area is 162 Å². The molecule has 27 heavy (non-hydrogen) atoms. The molecular weight excluding hydrogens is 340 g/mol. The third-order valence-electron chi connectivity index (χ3n) is 5.17. The predicted octanol–water partition coefficient (Wildman–Crippen LogP) is 3.41. The van der Waals surface area contributed by atoms with E-state index in [4.69, 9.17) is 4.74 Å². The molecule has 146 valence electrons. The van der Waals surface area contributed by atoms with Crippen molar-refractivity contribution in [3.05, 3.63) is 35.5 Å². The van der Waals surface area contributed by atoms with Gasteiger partial charge in [0.1, 0.15) is 11.4 Å². The van der Waals surface area contributed by atoms with Crippen LogP contribution in [0, 0.1) is 17.8 Å². The van der Waals surface area contributed by atoms with E-state index in [-0.39, 0.29) is 11.8 Å². The second kappa shape index (κ2) is 7.75. The summed E-state index contributed by atoms with van der Waals surface area (Å²) in [5, 5.41) is 0. The lowest BCUT2D eigenvalue weighted by Gasteiger charge is -2.37. The maximum absolute atomic E-state index is 12.8. The molecule has 0 radical (unpaired) electrons. The van der Waals surface area contributed by atoms with Crippen molar-refractivity contribution in [3.8, 4) is 5.75 Å². The molecule has 2 amide bonds. The lowest BCUT2D eigenvalue weighted by Crippen LogP contribution is -2.41. The van der Waals surface area contributed by atoms with Crippen LogP contribution in [0.3, 0.4) is 0 Å². The van der Waals surface area contributed by atoms with E-state index in [1.165, 1.54) is 4.90 Å². The highest BCUT2D eigenvalue weighted by Crippen LogP contribution is 2.34. The number of nitrogens with zero attached hydrogens (tertiary/aromatic N) is 2. The fraction of sp³-hybridized carbons (Fsp3) is 0.545. The molecule has 1 fully saturated rings. The SMILES string of the molecule is CC(C)COc1ccc(C2=C(N3CC(C)CC(C)C3)C(=O)N(C)C2=O)cc1. The summed E-state index contributed by atoms with van der Waals surface area (Å²) in [6, 6.07) is 7.51. The van der Waals surface area contributed by atoms with Crippen molar-refractivity contribution in [2.75, 3.05) is 26.7 Å². The standard InChI is InChI=1S/C22H30N2O3/c1-14(2)13-27-18-8-6-17(7-9-18)19-20(22(26)23(5)21(19)25)24-11-15(3)10-16(4)12-24/h6-9,14-16H,10-13H2,1-5H3. The average molecular weight is 370 g/mol. The van der Waals surface area contributed by atoms with Gasteiger partial charge in [-0.1, -0.05) is 39.8 Å². The number of carbonyl (C=O) groups excluding carboxylic acids is 2. The van der Waals surface area contributed by atoms with E-state index < -0.39 is 0 Å². The molecule has 0 spiro atoms. The van der Waals surface area contributed by atoms with E-state index in [0.717, 1.165) is 30.8 Å². The van der Waals surface area contributed by atoms with Crippen LogP contribution >= 0.6 is 0 Å². The van der Waals surface area contributed by atoms with Crippen LogP contribution in [0.1, 0.15) is 39.7 Å². The van der Waals surface area contributed by atoms with Gasteiger partial charge in [0, 0.05) is 20.1 Å². The number of amides is 2. The molecule has 3 rings (SSSR count). The van der Waals surface area contributed by atoms with Crippen molar-refractivity contribution < 1.29 is 14.3 Å². The average Bonchev–Trinajstić information content (AvgIpc) is 2.83. The Hall–Kier alpha value is -2.30. The van der Waals surface area contributed by atoms with Crippen LogP contribution in [0.15, 0.2) is 30.0 Å². The second-order valence-electron chi connectivity index (χ2n) is 8.47. The number of likely N-dealkylation sites (tertiary alicyclic amines) is 1. The third kappa shape index (κ3) is 4.02. The number of ether oxygens (including phenoxy) is 1. The van der Waals surface area contributed by atoms with Gasteiger partial charge in [0.05, 0.1) is 12.2 Å². The van der Waals surface area contributed by atoms with E-state index in [1.807, 2.05) is 24.3 Å².